The second-order valence-corrected chi connectivity index (χ2v) is 7.47. The number of aryl methyl sites for hydroxylation is 1. The summed E-state index contributed by atoms with van der Waals surface area (Å²) in [4.78, 5) is 0. The Morgan fingerprint density at radius 2 is 1.92 bits per heavy atom. The van der Waals surface area contributed by atoms with Crippen LogP contribution in [0.4, 0.5) is 0 Å². The van der Waals surface area contributed by atoms with Crippen molar-refractivity contribution >= 4 is 10.9 Å². The number of hydrogen-bond donors (Lipinski definition) is 3. The van der Waals surface area contributed by atoms with E-state index in [4.69, 9.17) is 9.47 Å². The summed E-state index contributed by atoms with van der Waals surface area (Å²) >= 11 is 0. The molecule has 1 saturated carbocycles. The Balaban J connectivity index is 1.62. The van der Waals surface area contributed by atoms with E-state index < -0.39 is 12.2 Å². The first-order valence-electron chi connectivity index (χ1n) is 9.21. The summed E-state index contributed by atoms with van der Waals surface area (Å²) in [5, 5.41) is 24.8. The lowest BCUT2D eigenvalue weighted by molar-refractivity contribution is 0.0111. The number of nitrogens with one attached hydrogen (secondary N) is 1. The molecular weight excluding hydrogens is 332 g/mol. The molecule has 0 saturated heterocycles. The number of ether oxygens (including phenoxy) is 2. The van der Waals surface area contributed by atoms with Crippen LogP contribution in [-0.4, -0.2) is 60.5 Å². The normalized spacial score (nSPS) is 26.0. The topological polar surface area (TPSA) is 75.9 Å². The number of fused-ring (bicyclic) bond motifs is 1. The average molecular weight is 362 g/mol. The molecule has 2 aromatic rings. The molecule has 0 radical (unpaired) electrons. The highest BCUT2D eigenvalue weighted by Gasteiger charge is 2.44. The van der Waals surface area contributed by atoms with Gasteiger partial charge in [-0.1, -0.05) is 18.2 Å². The number of aromatic nitrogens is 1. The number of hydrogen-bond acceptors (Lipinski definition) is 5. The van der Waals surface area contributed by atoms with Gasteiger partial charge in [-0.05, 0) is 24.5 Å². The number of benzene rings is 1. The van der Waals surface area contributed by atoms with Crippen molar-refractivity contribution in [3.8, 4) is 0 Å². The standard InChI is InChI=1S/C20H30N2O4/c1-22-12-15(16-5-3-4-6-17(16)22)11-21-13-20(14-26-8-7-25-2)9-18(23)19(24)10-20/h3-6,12,18-19,21,23-24H,7-11,13-14H2,1-2H3/t18-,19+,20?. The maximum atomic E-state index is 10.0. The first-order chi connectivity index (χ1) is 12.5. The Kier molecular flexibility index (Phi) is 6.32. The predicted molar refractivity (Wildman–Crippen MR) is 101 cm³/mol. The third kappa shape index (κ3) is 4.27. The fourth-order valence-electron chi connectivity index (χ4n) is 4.02. The van der Waals surface area contributed by atoms with Gasteiger partial charge in [-0.25, -0.2) is 0 Å². The lowest BCUT2D eigenvalue weighted by atomic mass is 9.86. The number of aliphatic hydroxyl groups is 2. The molecule has 144 valence electrons. The van der Waals surface area contributed by atoms with Crippen molar-refractivity contribution in [2.75, 3.05) is 33.5 Å². The zero-order chi connectivity index (χ0) is 18.6. The first-order valence-corrected chi connectivity index (χ1v) is 9.21. The van der Waals surface area contributed by atoms with Gasteiger partial charge in [-0.15, -0.1) is 0 Å². The number of nitrogens with zero attached hydrogens (tertiary/aromatic N) is 1. The molecule has 3 rings (SSSR count). The maximum Gasteiger partial charge on any atom is 0.0806 e. The van der Waals surface area contributed by atoms with E-state index in [9.17, 15) is 10.2 Å². The molecule has 6 nitrogen and oxygen atoms in total. The Labute approximate surface area is 154 Å². The molecule has 1 aromatic heterocycles. The quantitative estimate of drug-likeness (QED) is 0.589. The second-order valence-electron chi connectivity index (χ2n) is 7.47. The van der Waals surface area contributed by atoms with Crippen LogP contribution in [-0.2, 0) is 23.1 Å². The van der Waals surface area contributed by atoms with Crippen molar-refractivity contribution < 1.29 is 19.7 Å². The zero-order valence-electron chi connectivity index (χ0n) is 15.6. The van der Waals surface area contributed by atoms with Gasteiger partial charge in [0.05, 0.1) is 32.0 Å². The third-order valence-corrected chi connectivity index (χ3v) is 5.36. The van der Waals surface area contributed by atoms with E-state index in [0.29, 0.717) is 39.2 Å². The molecule has 1 aliphatic carbocycles. The van der Waals surface area contributed by atoms with Crippen molar-refractivity contribution in [2.24, 2.45) is 12.5 Å². The number of rotatable bonds is 9. The zero-order valence-corrected chi connectivity index (χ0v) is 15.6. The minimum atomic E-state index is -0.680. The van der Waals surface area contributed by atoms with Crippen LogP contribution in [0.3, 0.4) is 0 Å². The molecular formula is C20H30N2O4. The lowest BCUT2D eigenvalue weighted by Gasteiger charge is -2.29. The van der Waals surface area contributed by atoms with Crippen LogP contribution < -0.4 is 5.32 Å². The fraction of sp³-hybridized carbons (Fsp3) is 0.600. The maximum absolute atomic E-state index is 10.0. The Hall–Kier alpha value is -1.44. The SMILES string of the molecule is COCCOCC1(CNCc2cn(C)c3ccccc23)C[C@@H](O)[C@@H](O)C1. The monoisotopic (exact) mass is 362 g/mol. The van der Waals surface area contributed by atoms with E-state index in [0.717, 1.165) is 6.54 Å². The van der Waals surface area contributed by atoms with Gasteiger partial charge >= 0.3 is 0 Å². The molecule has 1 heterocycles. The molecule has 6 heteroatoms. The van der Waals surface area contributed by atoms with Crippen molar-refractivity contribution in [2.45, 2.75) is 31.6 Å². The highest BCUT2D eigenvalue weighted by Crippen LogP contribution is 2.38. The fourth-order valence-corrected chi connectivity index (χ4v) is 4.02. The van der Waals surface area contributed by atoms with Crippen molar-refractivity contribution in [3.63, 3.8) is 0 Å². The van der Waals surface area contributed by atoms with E-state index in [2.05, 4.69) is 41.3 Å². The summed E-state index contributed by atoms with van der Waals surface area (Å²) in [7, 11) is 3.70. The van der Waals surface area contributed by atoms with Crippen LogP contribution in [0, 0.1) is 5.41 Å². The first kappa shape index (κ1) is 19.3. The largest absolute Gasteiger partial charge is 0.390 e. The average Bonchev–Trinajstić information content (AvgIpc) is 3.10. The molecule has 1 fully saturated rings. The molecule has 1 aliphatic rings. The number of methoxy groups -OCH3 is 1. The van der Waals surface area contributed by atoms with Crippen LogP contribution in [0.5, 0.6) is 0 Å². The molecule has 3 N–H and O–H groups in total. The van der Waals surface area contributed by atoms with Gasteiger partial charge in [-0.3, -0.25) is 0 Å². The molecule has 1 aromatic carbocycles. The minimum Gasteiger partial charge on any atom is -0.390 e. The van der Waals surface area contributed by atoms with Crippen molar-refractivity contribution in [3.05, 3.63) is 36.0 Å². The van der Waals surface area contributed by atoms with E-state index in [1.54, 1.807) is 7.11 Å². The van der Waals surface area contributed by atoms with Crippen molar-refractivity contribution in [1.29, 1.82) is 0 Å². The smallest absolute Gasteiger partial charge is 0.0806 e. The molecule has 1 unspecified atom stereocenters. The van der Waals surface area contributed by atoms with Crippen LogP contribution in [0.15, 0.2) is 30.5 Å². The lowest BCUT2D eigenvalue weighted by Crippen LogP contribution is -2.37. The van der Waals surface area contributed by atoms with Crippen molar-refractivity contribution in [1.82, 2.24) is 9.88 Å². The molecule has 26 heavy (non-hydrogen) atoms. The van der Waals surface area contributed by atoms with E-state index in [1.165, 1.54) is 16.5 Å². The van der Waals surface area contributed by atoms with Gasteiger partial charge in [0.1, 0.15) is 0 Å². The van der Waals surface area contributed by atoms with Crippen LogP contribution >= 0.6 is 0 Å². The number of aliphatic hydroxyl groups excluding tert-OH is 2. The second kappa shape index (κ2) is 8.50. The van der Waals surface area contributed by atoms with Crippen LogP contribution in [0.1, 0.15) is 18.4 Å². The Morgan fingerprint density at radius 3 is 2.65 bits per heavy atom. The van der Waals surface area contributed by atoms with Gasteiger partial charge in [0.2, 0.25) is 0 Å². The van der Waals surface area contributed by atoms with Crippen LogP contribution in [0.25, 0.3) is 10.9 Å². The van der Waals surface area contributed by atoms with Gasteiger partial charge in [0.15, 0.2) is 0 Å². The van der Waals surface area contributed by atoms with E-state index >= 15 is 0 Å². The van der Waals surface area contributed by atoms with E-state index in [-0.39, 0.29) is 5.41 Å². The van der Waals surface area contributed by atoms with Gasteiger partial charge in [0.25, 0.3) is 0 Å². The molecule has 0 spiro atoms. The Bertz CT molecular complexity index is 705. The van der Waals surface area contributed by atoms with E-state index in [1.807, 2.05) is 6.07 Å². The summed E-state index contributed by atoms with van der Waals surface area (Å²) in [5.74, 6) is 0. The highest BCUT2D eigenvalue weighted by molar-refractivity contribution is 5.83. The van der Waals surface area contributed by atoms with Gasteiger partial charge < -0.3 is 29.6 Å². The summed E-state index contributed by atoms with van der Waals surface area (Å²) in [6, 6.07) is 8.36. The highest BCUT2D eigenvalue weighted by atomic mass is 16.5. The third-order valence-electron chi connectivity index (χ3n) is 5.36. The summed E-state index contributed by atoms with van der Waals surface area (Å²) in [6.45, 7) is 3.01. The number of para-hydroxylation sites is 1. The van der Waals surface area contributed by atoms with Crippen LogP contribution in [0.2, 0.25) is 0 Å². The summed E-state index contributed by atoms with van der Waals surface area (Å²) in [5.41, 5.74) is 2.21. The summed E-state index contributed by atoms with van der Waals surface area (Å²) in [6.07, 6.45) is 1.88. The summed E-state index contributed by atoms with van der Waals surface area (Å²) < 4.78 is 12.9. The Morgan fingerprint density at radius 1 is 1.19 bits per heavy atom. The molecule has 0 amide bonds. The molecule has 3 atom stereocenters. The van der Waals surface area contributed by atoms with Gasteiger partial charge in [-0.2, -0.15) is 0 Å². The molecule has 0 bridgehead atoms. The molecule has 0 aliphatic heterocycles. The minimum absolute atomic E-state index is 0.253. The van der Waals surface area contributed by atoms with Gasteiger partial charge in [0, 0.05) is 49.8 Å². The predicted octanol–water partition coefficient (Wildman–Crippen LogP) is 1.43.